The minimum atomic E-state index is -1.80. The molecule has 1 unspecified atom stereocenters. The Bertz CT molecular complexity index is 361. The summed E-state index contributed by atoms with van der Waals surface area (Å²) in [7, 11) is -3.58. The third-order valence-electron chi connectivity index (χ3n) is 3.16. The van der Waals surface area contributed by atoms with E-state index >= 15 is 0 Å². The molecule has 5 heteroatoms. The highest BCUT2D eigenvalue weighted by Gasteiger charge is 2.41. The molecule has 0 rings (SSSR count). The molecule has 0 aromatic heterocycles. The number of amides is 1. The molecular formula is C14H29NO2Si2. The fourth-order valence-electron chi connectivity index (χ4n) is 2.09. The fraction of sp³-hybridized carbons (Fsp3) is 0.786. The summed E-state index contributed by atoms with van der Waals surface area (Å²) in [5.74, 6) is 2.16. The molecule has 0 radical (unpaired) electrons. The zero-order valence-electron chi connectivity index (χ0n) is 13.5. The van der Waals surface area contributed by atoms with Gasteiger partial charge in [-0.1, -0.05) is 52.6 Å². The van der Waals surface area contributed by atoms with Gasteiger partial charge in [0.25, 0.3) is 0 Å². The Morgan fingerprint density at radius 3 is 2.00 bits per heavy atom. The van der Waals surface area contributed by atoms with E-state index in [2.05, 4.69) is 57.5 Å². The monoisotopic (exact) mass is 299 g/mol. The van der Waals surface area contributed by atoms with Crippen LogP contribution in [-0.4, -0.2) is 34.5 Å². The maximum atomic E-state index is 12.5. The standard InChI is InChI=1S/C14H29NO2Si2/c1-8-9-10-15-14(17)13(19(5,6)7)12(11-16)18(2,3)4/h13H,8-10H2,1-7H3,(H,15,17). The molecule has 0 heterocycles. The van der Waals surface area contributed by atoms with Crippen molar-refractivity contribution in [2.75, 3.05) is 6.54 Å². The Morgan fingerprint density at radius 1 is 1.16 bits per heavy atom. The van der Waals surface area contributed by atoms with E-state index in [1.165, 1.54) is 0 Å². The zero-order valence-corrected chi connectivity index (χ0v) is 15.5. The van der Waals surface area contributed by atoms with Gasteiger partial charge in [-0.25, -0.2) is 4.79 Å². The van der Waals surface area contributed by atoms with Crippen molar-refractivity contribution in [2.45, 2.75) is 64.6 Å². The van der Waals surface area contributed by atoms with E-state index in [4.69, 9.17) is 0 Å². The van der Waals surface area contributed by atoms with Gasteiger partial charge in [-0.2, -0.15) is 0 Å². The Kier molecular flexibility index (Phi) is 6.97. The molecule has 19 heavy (non-hydrogen) atoms. The summed E-state index contributed by atoms with van der Waals surface area (Å²) in [5.41, 5.74) is -0.228. The van der Waals surface area contributed by atoms with E-state index in [1.54, 1.807) is 0 Å². The molecule has 0 fully saturated rings. The normalized spacial score (nSPS) is 13.6. The molecule has 0 aromatic rings. The smallest absolute Gasteiger partial charge is 0.224 e. The van der Waals surface area contributed by atoms with Crippen molar-refractivity contribution in [3.63, 3.8) is 0 Å². The number of nitrogens with one attached hydrogen (secondary N) is 1. The first-order valence-corrected chi connectivity index (χ1v) is 14.2. The summed E-state index contributed by atoms with van der Waals surface area (Å²) in [5, 5.41) is 3.75. The Morgan fingerprint density at radius 2 is 1.68 bits per heavy atom. The van der Waals surface area contributed by atoms with Crippen molar-refractivity contribution in [3.05, 3.63) is 5.20 Å². The fourth-order valence-corrected chi connectivity index (χ4v) is 7.81. The van der Waals surface area contributed by atoms with Crippen LogP contribution in [0.4, 0.5) is 0 Å². The van der Waals surface area contributed by atoms with E-state index in [9.17, 15) is 9.59 Å². The molecule has 0 bridgehead atoms. The maximum Gasteiger partial charge on any atom is 0.224 e. The quantitative estimate of drug-likeness (QED) is 0.445. The average molecular weight is 300 g/mol. The Balaban J connectivity index is 5.25. The second kappa shape index (κ2) is 7.22. The first kappa shape index (κ1) is 18.4. The third kappa shape index (κ3) is 5.89. The largest absolute Gasteiger partial charge is 0.356 e. The molecule has 0 aliphatic rings. The van der Waals surface area contributed by atoms with Crippen LogP contribution in [0.25, 0.3) is 0 Å². The predicted molar refractivity (Wildman–Crippen MR) is 87.6 cm³/mol. The molecular weight excluding hydrogens is 270 g/mol. The lowest BCUT2D eigenvalue weighted by molar-refractivity contribution is -0.120. The second-order valence-corrected chi connectivity index (χ2v) is 17.6. The van der Waals surface area contributed by atoms with Gasteiger partial charge in [0.1, 0.15) is 5.94 Å². The summed E-state index contributed by atoms with van der Waals surface area (Å²) in [6.07, 6.45) is 2.04. The van der Waals surface area contributed by atoms with Gasteiger partial charge in [-0.05, 0) is 6.42 Å². The van der Waals surface area contributed by atoms with Crippen LogP contribution in [0.1, 0.15) is 19.8 Å². The molecule has 0 aliphatic carbocycles. The van der Waals surface area contributed by atoms with Crippen LogP contribution in [-0.2, 0) is 9.59 Å². The van der Waals surface area contributed by atoms with Gasteiger partial charge in [0, 0.05) is 11.7 Å². The lowest BCUT2D eigenvalue weighted by Gasteiger charge is -2.33. The van der Waals surface area contributed by atoms with E-state index in [1.807, 2.05) is 0 Å². The highest BCUT2D eigenvalue weighted by molar-refractivity contribution is 6.90. The van der Waals surface area contributed by atoms with Crippen LogP contribution in [0.15, 0.2) is 5.20 Å². The van der Waals surface area contributed by atoms with Gasteiger partial charge in [0.15, 0.2) is 0 Å². The summed E-state index contributed by atoms with van der Waals surface area (Å²) in [6.45, 7) is 15.6. The zero-order chi connectivity index (χ0) is 15.3. The van der Waals surface area contributed by atoms with Crippen LogP contribution < -0.4 is 5.32 Å². The topological polar surface area (TPSA) is 46.2 Å². The minimum Gasteiger partial charge on any atom is -0.356 e. The molecule has 1 atom stereocenters. The molecule has 0 saturated heterocycles. The summed E-state index contributed by atoms with van der Waals surface area (Å²) >= 11 is 0. The van der Waals surface area contributed by atoms with Crippen molar-refractivity contribution < 1.29 is 9.59 Å². The van der Waals surface area contributed by atoms with Crippen molar-refractivity contribution in [1.29, 1.82) is 0 Å². The molecule has 110 valence electrons. The van der Waals surface area contributed by atoms with Gasteiger partial charge < -0.3 is 5.32 Å². The lowest BCUT2D eigenvalue weighted by atomic mass is 10.3. The maximum absolute atomic E-state index is 12.5. The van der Waals surface area contributed by atoms with E-state index in [0.29, 0.717) is 6.54 Å². The number of rotatable bonds is 7. The van der Waals surface area contributed by atoms with Gasteiger partial charge in [-0.3, -0.25) is 4.79 Å². The van der Waals surface area contributed by atoms with E-state index in [-0.39, 0.29) is 11.4 Å². The molecule has 0 spiro atoms. The number of hydrogen-bond donors (Lipinski definition) is 1. The summed E-state index contributed by atoms with van der Waals surface area (Å²) < 4.78 is 0. The van der Waals surface area contributed by atoms with Crippen LogP contribution in [0, 0.1) is 0 Å². The van der Waals surface area contributed by atoms with E-state index in [0.717, 1.165) is 18.0 Å². The molecule has 0 saturated carbocycles. The van der Waals surface area contributed by atoms with Crippen LogP contribution in [0.3, 0.4) is 0 Å². The van der Waals surface area contributed by atoms with E-state index < -0.39 is 16.1 Å². The van der Waals surface area contributed by atoms with Crippen molar-refractivity contribution in [3.8, 4) is 0 Å². The van der Waals surface area contributed by atoms with Gasteiger partial charge in [-0.15, -0.1) is 0 Å². The highest BCUT2D eigenvalue weighted by atomic mass is 28.3. The second-order valence-electron chi connectivity index (χ2n) is 7.21. The van der Waals surface area contributed by atoms with Crippen LogP contribution in [0.2, 0.25) is 44.8 Å². The SMILES string of the molecule is CCCCNC(=O)C(C(=C=O)[Si](C)(C)C)[Si](C)(C)C. The van der Waals surface area contributed by atoms with Crippen molar-refractivity contribution in [1.82, 2.24) is 5.32 Å². The van der Waals surface area contributed by atoms with Crippen molar-refractivity contribution in [2.24, 2.45) is 0 Å². The van der Waals surface area contributed by atoms with Gasteiger partial charge in [0.2, 0.25) is 5.91 Å². The molecule has 3 nitrogen and oxygen atoms in total. The van der Waals surface area contributed by atoms with Gasteiger partial charge in [0.05, 0.1) is 21.7 Å². The predicted octanol–water partition coefficient (Wildman–Crippen LogP) is 3.25. The first-order chi connectivity index (χ1) is 8.55. The number of carbonyl (C=O) groups is 1. The highest BCUT2D eigenvalue weighted by Crippen LogP contribution is 2.34. The van der Waals surface area contributed by atoms with Gasteiger partial charge >= 0.3 is 0 Å². The minimum absolute atomic E-state index is 0.0355. The molecule has 0 aliphatic heterocycles. The Hall–Kier alpha value is -0.646. The average Bonchev–Trinajstić information content (AvgIpc) is 2.22. The first-order valence-electron chi connectivity index (χ1n) is 7.08. The van der Waals surface area contributed by atoms with Crippen molar-refractivity contribution >= 4 is 28.0 Å². The molecule has 1 amide bonds. The summed E-state index contributed by atoms with van der Waals surface area (Å²) in [4.78, 5) is 23.8. The summed E-state index contributed by atoms with van der Waals surface area (Å²) in [6, 6.07) is 0. The Labute approximate surface area is 119 Å². The number of carbonyl (C=O) groups excluding carboxylic acids is 2. The molecule has 0 aromatic carbocycles. The van der Waals surface area contributed by atoms with Crippen LogP contribution >= 0.6 is 0 Å². The number of unbranched alkanes of at least 4 members (excludes halogenated alkanes) is 1. The lowest BCUT2D eigenvalue weighted by Crippen LogP contribution is -2.46. The third-order valence-corrected chi connectivity index (χ3v) is 7.74. The van der Waals surface area contributed by atoms with Crippen LogP contribution in [0.5, 0.6) is 0 Å². The number of hydrogen-bond acceptors (Lipinski definition) is 2. The molecule has 1 N–H and O–H groups in total.